The molecule has 0 radical (unpaired) electrons. The van der Waals surface area contributed by atoms with Crippen molar-refractivity contribution in [2.45, 2.75) is 83.8 Å². The summed E-state index contributed by atoms with van der Waals surface area (Å²) in [4.78, 5) is 41.5. The lowest BCUT2D eigenvalue weighted by Crippen LogP contribution is -2.65. The zero-order valence-corrected chi connectivity index (χ0v) is 22.2. The lowest BCUT2D eigenvalue weighted by Gasteiger charge is -2.43. The average molecular weight is 510 g/mol. The summed E-state index contributed by atoms with van der Waals surface area (Å²) in [6, 6.07) is 9.49. The van der Waals surface area contributed by atoms with Crippen LogP contribution in [0.2, 0.25) is 0 Å². The molecule has 200 valence electrons. The minimum Gasteiger partial charge on any atom is -0.494 e. The van der Waals surface area contributed by atoms with Gasteiger partial charge in [0.1, 0.15) is 17.0 Å². The van der Waals surface area contributed by atoms with E-state index >= 15 is 0 Å². The summed E-state index contributed by atoms with van der Waals surface area (Å²) in [6.07, 6.45) is 6.53. The molecule has 1 aromatic carbocycles. The van der Waals surface area contributed by atoms with Crippen LogP contribution in [0.1, 0.15) is 85.8 Å². The van der Waals surface area contributed by atoms with E-state index in [1.807, 2.05) is 38.1 Å². The van der Waals surface area contributed by atoms with Crippen molar-refractivity contribution in [2.24, 2.45) is 0 Å². The Morgan fingerprint density at radius 3 is 2.57 bits per heavy atom. The van der Waals surface area contributed by atoms with Gasteiger partial charge in [0.15, 0.2) is 5.69 Å². The lowest BCUT2D eigenvalue weighted by atomic mass is 9.94. The molecule has 2 heterocycles. The number of rotatable bonds is 11. The fourth-order valence-electron chi connectivity index (χ4n) is 5.16. The van der Waals surface area contributed by atoms with Gasteiger partial charge in [-0.2, -0.15) is 5.10 Å². The van der Waals surface area contributed by atoms with Crippen LogP contribution in [0, 0.1) is 0 Å². The zero-order chi connectivity index (χ0) is 26.4. The topological polar surface area (TPSA) is 106 Å². The standard InChI is InChI=1S/C28H39N5O4/c1-4-6-17-32-26(35)24-18-23(25(34)29-16-15-20-11-13-22(14-12-20)37-5-2)31-33(24)19-28(32,3)27(36)30-21-9-7-8-10-21/h11-14,18,21H,4-10,15-17,19H2,1-3H3,(H,29,34)(H,30,36)/t28-/m0/s1. The molecule has 2 N–H and O–H groups in total. The predicted molar refractivity (Wildman–Crippen MR) is 141 cm³/mol. The number of nitrogens with one attached hydrogen (secondary N) is 2. The number of unbranched alkanes of at least 4 members (excludes halogenated alkanes) is 1. The molecule has 1 fully saturated rings. The Balaban J connectivity index is 1.44. The van der Waals surface area contributed by atoms with Crippen molar-refractivity contribution in [1.82, 2.24) is 25.3 Å². The number of hydrogen-bond donors (Lipinski definition) is 2. The van der Waals surface area contributed by atoms with Crippen molar-refractivity contribution in [2.75, 3.05) is 19.7 Å². The number of ether oxygens (including phenoxy) is 1. The fourth-order valence-corrected chi connectivity index (χ4v) is 5.16. The Hall–Kier alpha value is -3.36. The van der Waals surface area contributed by atoms with Gasteiger partial charge in [0.2, 0.25) is 5.91 Å². The van der Waals surface area contributed by atoms with Crippen molar-refractivity contribution in [3.8, 4) is 5.75 Å². The summed E-state index contributed by atoms with van der Waals surface area (Å²) < 4.78 is 6.99. The van der Waals surface area contributed by atoms with Gasteiger partial charge in [-0.05, 0) is 57.2 Å². The maximum Gasteiger partial charge on any atom is 0.273 e. The van der Waals surface area contributed by atoms with Gasteiger partial charge in [0, 0.05) is 25.2 Å². The van der Waals surface area contributed by atoms with Crippen LogP contribution in [-0.4, -0.2) is 63.7 Å². The number of hydrogen-bond acceptors (Lipinski definition) is 5. The molecule has 1 aliphatic carbocycles. The number of fused-ring (bicyclic) bond motifs is 1. The van der Waals surface area contributed by atoms with Crippen molar-refractivity contribution in [3.63, 3.8) is 0 Å². The zero-order valence-electron chi connectivity index (χ0n) is 22.2. The van der Waals surface area contributed by atoms with Crippen LogP contribution >= 0.6 is 0 Å². The molecule has 1 atom stereocenters. The Kier molecular flexibility index (Phi) is 8.51. The normalized spacial score (nSPS) is 19.5. The molecule has 1 aromatic heterocycles. The third-order valence-corrected chi connectivity index (χ3v) is 7.38. The highest BCUT2D eigenvalue weighted by molar-refractivity contribution is 6.01. The van der Waals surface area contributed by atoms with Crippen LogP contribution in [0.5, 0.6) is 5.75 Å². The van der Waals surface area contributed by atoms with E-state index in [1.165, 1.54) is 4.68 Å². The van der Waals surface area contributed by atoms with Crippen LogP contribution < -0.4 is 15.4 Å². The van der Waals surface area contributed by atoms with Crippen LogP contribution in [-0.2, 0) is 17.8 Å². The molecule has 4 rings (SSSR count). The van der Waals surface area contributed by atoms with Crippen molar-refractivity contribution >= 4 is 17.7 Å². The molecule has 1 aliphatic heterocycles. The lowest BCUT2D eigenvalue weighted by molar-refractivity contribution is -0.133. The third kappa shape index (κ3) is 5.97. The molecule has 0 unspecified atom stereocenters. The van der Waals surface area contributed by atoms with E-state index in [9.17, 15) is 14.4 Å². The molecule has 2 aliphatic rings. The minimum absolute atomic E-state index is 0.147. The molecule has 0 bridgehead atoms. The van der Waals surface area contributed by atoms with Gasteiger partial charge >= 0.3 is 0 Å². The van der Waals surface area contributed by atoms with Gasteiger partial charge in [-0.25, -0.2) is 0 Å². The molecule has 37 heavy (non-hydrogen) atoms. The highest BCUT2D eigenvalue weighted by Gasteiger charge is 2.48. The molecular formula is C28H39N5O4. The summed E-state index contributed by atoms with van der Waals surface area (Å²) in [6.45, 7) is 7.57. The molecule has 1 saturated carbocycles. The first-order chi connectivity index (χ1) is 17.9. The smallest absolute Gasteiger partial charge is 0.273 e. The summed E-state index contributed by atoms with van der Waals surface area (Å²) in [5.41, 5.74) is 0.554. The number of carbonyl (C=O) groups excluding carboxylic acids is 3. The van der Waals surface area contributed by atoms with Crippen molar-refractivity contribution < 1.29 is 19.1 Å². The summed E-state index contributed by atoms with van der Waals surface area (Å²) in [5.74, 6) is 0.0781. The molecule has 2 aromatic rings. The monoisotopic (exact) mass is 509 g/mol. The first-order valence-electron chi connectivity index (χ1n) is 13.6. The second-order valence-corrected chi connectivity index (χ2v) is 10.2. The van der Waals surface area contributed by atoms with Crippen molar-refractivity contribution in [1.29, 1.82) is 0 Å². The number of amides is 3. The Labute approximate surface area is 218 Å². The first-order valence-corrected chi connectivity index (χ1v) is 13.6. The molecule has 0 saturated heterocycles. The van der Waals surface area contributed by atoms with Crippen LogP contribution in [0.4, 0.5) is 0 Å². The maximum absolute atomic E-state index is 13.5. The Bertz CT molecular complexity index is 1110. The maximum atomic E-state index is 13.5. The van der Waals surface area contributed by atoms with E-state index in [1.54, 1.807) is 11.0 Å². The summed E-state index contributed by atoms with van der Waals surface area (Å²) in [5, 5.41) is 10.5. The van der Waals surface area contributed by atoms with E-state index in [4.69, 9.17) is 4.74 Å². The fraction of sp³-hybridized carbons (Fsp3) is 0.571. The number of aromatic nitrogens is 2. The van der Waals surface area contributed by atoms with Crippen LogP contribution in [0.3, 0.4) is 0 Å². The van der Waals surface area contributed by atoms with E-state index in [2.05, 4.69) is 22.7 Å². The minimum atomic E-state index is -1.06. The summed E-state index contributed by atoms with van der Waals surface area (Å²) >= 11 is 0. The van der Waals surface area contributed by atoms with E-state index in [-0.39, 0.29) is 36.0 Å². The Morgan fingerprint density at radius 1 is 1.16 bits per heavy atom. The number of nitrogens with zero attached hydrogens (tertiary/aromatic N) is 3. The number of benzene rings is 1. The highest BCUT2D eigenvalue weighted by Crippen LogP contribution is 2.29. The number of carbonyl (C=O) groups is 3. The molecule has 9 heteroatoms. The van der Waals surface area contributed by atoms with E-state index in [0.717, 1.165) is 49.8 Å². The predicted octanol–water partition coefficient (Wildman–Crippen LogP) is 3.33. The summed E-state index contributed by atoms with van der Waals surface area (Å²) in [7, 11) is 0. The largest absolute Gasteiger partial charge is 0.494 e. The van der Waals surface area contributed by atoms with Crippen LogP contribution in [0.25, 0.3) is 0 Å². The average Bonchev–Trinajstić information content (AvgIpc) is 3.55. The SMILES string of the molecule is CCCCN1C(=O)c2cc(C(=O)NCCc3ccc(OCC)cc3)nn2C[C@@]1(C)C(=O)NC1CCCC1. The quantitative estimate of drug-likeness (QED) is 0.483. The van der Waals surface area contributed by atoms with Gasteiger partial charge in [-0.1, -0.05) is 38.3 Å². The molecule has 0 spiro atoms. The van der Waals surface area contributed by atoms with Crippen LogP contribution in [0.15, 0.2) is 30.3 Å². The van der Waals surface area contributed by atoms with E-state index < -0.39 is 5.54 Å². The second-order valence-electron chi connectivity index (χ2n) is 10.2. The Morgan fingerprint density at radius 2 is 1.89 bits per heavy atom. The highest BCUT2D eigenvalue weighted by atomic mass is 16.5. The second kappa shape index (κ2) is 11.8. The third-order valence-electron chi connectivity index (χ3n) is 7.38. The van der Waals surface area contributed by atoms with Gasteiger partial charge in [-0.3, -0.25) is 19.1 Å². The molecular weight excluding hydrogens is 470 g/mol. The van der Waals surface area contributed by atoms with Gasteiger partial charge in [-0.15, -0.1) is 0 Å². The van der Waals surface area contributed by atoms with Gasteiger partial charge in [0.25, 0.3) is 11.8 Å². The molecule has 3 amide bonds. The molecule has 9 nitrogen and oxygen atoms in total. The van der Waals surface area contributed by atoms with Crippen molar-refractivity contribution in [3.05, 3.63) is 47.3 Å². The van der Waals surface area contributed by atoms with E-state index in [0.29, 0.717) is 31.8 Å². The van der Waals surface area contributed by atoms with Gasteiger partial charge in [0.05, 0.1) is 13.2 Å². The van der Waals surface area contributed by atoms with Gasteiger partial charge < -0.3 is 20.3 Å². The first kappa shape index (κ1) is 26.7.